The van der Waals surface area contributed by atoms with E-state index in [0.717, 1.165) is 28.4 Å². The largest absolute Gasteiger partial charge is 0.489 e. The molecule has 0 saturated heterocycles. The van der Waals surface area contributed by atoms with Crippen LogP contribution in [0.25, 0.3) is 0 Å². The molecular formula is C21H18N4O2. The third-order valence-corrected chi connectivity index (χ3v) is 3.96. The molecule has 134 valence electrons. The Kier molecular flexibility index (Phi) is 5.06. The zero-order valence-corrected chi connectivity index (χ0v) is 14.6. The molecule has 0 spiro atoms. The number of hydrogen-bond donors (Lipinski definition) is 1. The van der Waals surface area contributed by atoms with Crippen LogP contribution in [0, 0.1) is 0 Å². The van der Waals surface area contributed by atoms with Crippen LogP contribution in [0.1, 0.15) is 17.0 Å². The summed E-state index contributed by atoms with van der Waals surface area (Å²) in [5.41, 5.74) is 2.21. The maximum Gasteiger partial charge on any atom is 0.178 e. The SMILES string of the molecule is c1ccc(COc2cccc(Oc3ccc(Cc4nn[nH]n4)cc3)c2)cc1. The highest BCUT2D eigenvalue weighted by Gasteiger charge is 2.04. The number of nitrogens with zero attached hydrogens (tertiary/aromatic N) is 3. The van der Waals surface area contributed by atoms with Gasteiger partial charge in [-0.3, -0.25) is 0 Å². The second-order valence-corrected chi connectivity index (χ2v) is 6.00. The Morgan fingerprint density at radius 2 is 1.56 bits per heavy atom. The Labute approximate surface area is 156 Å². The van der Waals surface area contributed by atoms with Crippen molar-refractivity contribution in [2.45, 2.75) is 13.0 Å². The monoisotopic (exact) mass is 358 g/mol. The number of nitrogens with one attached hydrogen (secondary N) is 1. The van der Waals surface area contributed by atoms with E-state index in [0.29, 0.717) is 18.9 Å². The van der Waals surface area contributed by atoms with Gasteiger partial charge >= 0.3 is 0 Å². The van der Waals surface area contributed by atoms with Gasteiger partial charge in [0.1, 0.15) is 23.9 Å². The minimum Gasteiger partial charge on any atom is -0.489 e. The van der Waals surface area contributed by atoms with Crippen molar-refractivity contribution in [1.29, 1.82) is 0 Å². The average Bonchev–Trinajstić information content (AvgIpc) is 3.22. The number of aromatic amines is 1. The van der Waals surface area contributed by atoms with Gasteiger partial charge in [0.05, 0.1) is 0 Å². The number of H-pyrrole nitrogens is 1. The van der Waals surface area contributed by atoms with Crippen LogP contribution >= 0.6 is 0 Å². The van der Waals surface area contributed by atoms with Gasteiger partial charge in [0.2, 0.25) is 0 Å². The van der Waals surface area contributed by atoms with Crippen molar-refractivity contribution >= 4 is 0 Å². The summed E-state index contributed by atoms with van der Waals surface area (Å²) < 4.78 is 11.8. The molecule has 0 aliphatic heterocycles. The van der Waals surface area contributed by atoms with Crippen molar-refractivity contribution < 1.29 is 9.47 Å². The molecule has 4 aromatic rings. The van der Waals surface area contributed by atoms with Gasteiger partial charge in [0.25, 0.3) is 0 Å². The molecule has 1 heterocycles. The summed E-state index contributed by atoms with van der Waals surface area (Å²) in [5, 5.41) is 13.9. The number of benzene rings is 3. The molecule has 3 aromatic carbocycles. The summed E-state index contributed by atoms with van der Waals surface area (Å²) in [7, 11) is 0. The summed E-state index contributed by atoms with van der Waals surface area (Å²) >= 11 is 0. The van der Waals surface area contributed by atoms with E-state index in [2.05, 4.69) is 20.6 Å². The Hall–Kier alpha value is -3.67. The predicted octanol–water partition coefficient (Wildman–Crippen LogP) is 4.16. The summed E-state index contributed by atoms with van der Waals surface area (Å²) in [5.74, 6) is 2.91. The molecular weight excluding hydrogens is 340 g/mol. The molecule has 0 unspecified atom stereocenters. The highest BCUT2D eigenvalue weighted by atomic mass is 16.5. The zero-order valence-electron chi connectivity index (χ0n) is 14.6. The highest BCUT2D eigenvalue weighted by Crippen LogP contribution is 2.26. The van der Waals surface area contributed by atoms with E-state index in [1.165, 1.54) is 0 Å². The molecule has 6 heteroatoms. The lowest BCUT2D eigenvalue weighted by Gasteiger charge is -2.10. The first-order valence-corrected chi connectivity index (χ1v) is 8.61. The minimum atomic E-state index is 0.523. The van der Waals surface area contributed by atoms with Gasteiger partial charge in [-0.15, -0.1) is 10.2 Å². The number of rotatable bonds is 7. The van der Waals surface area contributed by atoms with Crippen LogP contribution in [0.4, 0.5) is 0 Å². The Morgan fingerprint density at radius 3 is 2.33 bits per heavy atom. The van der Waals surface area contributed by atoms with Gasteiger partial charge in [-0.1, -0.05) is 53.7 Å². The molecule has 0 radical (unpaired) electrons. The molecule has 4 rings (SSSR count). The molecule has 27 heavy (non-hydrogen) atoms. The number of ether oxygens (including phenoxy) is 2. The molecule has 0 saturated carbocycles. The van der Waals surface area contributed by atoms with Gasteiger partial charge in [0.15, 0.2) is 5.82 Å². The smallest absolute Gasteiger partial charge is 0.178 e. The van der Waals surface area contributed by atoms with Crippen LogP contribution in [-0.4, -0.2) is 20.6 Å². The predicted molar refractivity (Wildman–Crippen MR) is 101 cm³/mol. The maximum absolute atomic E-state index is 5.93. The van der Waals surface area contributed by atoms with E-state index >= 15 is 0 Å². The molecule has 1 N–H and O–H groups in total. The second-order valence-electron chi connectivity index (χ2n) is 6.00. The summed E-state index contributed by atoms with van der Waals surface area (Å²) in [6.07, 6.45) is 0.625. The third-order valence-electron chi connectivity index (χ3n) is 3.96. The van der Waals surface area contributed by atoms with Crippen molar-refractivity contribution in [2.24, 2.45) is 0 Å². The van der Waals surface area contributed by atoms with Crippen LogP contribution in [0.3, 0.4) is 0 Å². The van der Waals surface area contributed by atoms with Crippen molar-refractivity contribution in [1.82, 2.24) is 20.6 Å². The van der Waals surface area contributed by atoms with Gasteiger partial charge in [0, 0.05) is 12.5 Å². The lowest BCUT2D eigenvalue weighted by Crippen LogP contribution is -1.95. The normalized spacial score (nSPS) is 10.5. The average molecular weight is 358 g/mol. The lowest BCUT2D eigenvalue weighted by molar-refractivity contribution is 0.304. The Balaban J connectivity index is 1.37. The van der Waals surface area contributed by atoms with Gasteiger partial charge in [-0.25, -0.2) is 0 Å². The first kappa shape index (κ1) is 16.8. The van der Waals surface area contributed by atoms with Crippen LogP contribution < -0.4 is 9.47 Å². The van der Waals surface area contributed by atoms with Crippen LogP contribution in [0.5, 0.6) is 17.2 Å². The third kappa shape index (κ3) is 4.70. The van der Waals surface area contributed by atoms with Gasteiger partial charge < -0.3 is 9.47 Å². The molecule has 0 bridgehead atoms. The minimum absolute atomic E-state index is 0.523. The Morgan fingerprint density at radius 1 is 0.741 bits per heavy atom. The molecule has 0 atom stereocenters. The molecule has 0 amide bonds. The van der Waals surface area contributed by atoms with Crippen LogP contribution in [-0.2, 0) is 13.0 Å². The van der Waals surface area contributed by atoms with E-state index in [1.807, 2.05) is 78.9 Å². The van der Waals surface area contributed by atoms with Crippen LogP contribution in [0.2, 0.25) is 0 Å². The standard InChI is InChI=1S/C21H18N4O2/c1-2-5-17(6-3-1)15-26-19-7-4-8-20(14-19)27-18-11-9-16(10-12-18)13-21-22-24-25-23-21/h1-12,14H,13,15H2,(H,22,23,24,25). The molecule has 6 nitrogen and oxygen atoms in total. The first-order valence-electron chi connectivity index (χ1n) is 8.61. The highest BCUT2D eigenvalue weighted by molar-refractivity contribution is 5.38. The van der Waals surface area contributed by atoms with E-state index in [1.54, 1.807) is 0 Å². The number of aromatic nitrogens is 4. The molecule has 1 aromatic heterocycles. The van der Waals surface area contributed by atoms with Gasteiger partial charge in [-0.2, -0.15) is 5.21 Å². The maximum atomic E-state index is 5.93. The van der Waals surface area contributed by atoms with Crippen molar-refractivity contribution in [3.63, 3.8) is 0 Å². The fraction of sp³-hybridized carbons (Fsp3) is 0.0952. The fourth-order valence-electron chi connectivity index (χ4n) is 2.62. The quantitative estimate of drug-likeness (QED) is 0.537. The summed E-state index contributed by atoms with van der Waals surface area (Å²) in [4.78, 5) is 0. The fourth-order valence-corrected chi connectivity index (χ4v) is 2.62. The Bertz CT molecular complexity index is 971. The number of hydrogen-bond acceptors (Lipinski definition) is 5. The van der Waals surface area contributed by atoms with Crippen molar-refractivity contribution in [3.8, 4) is 17.2 Å². The topological polar surface area (TPSA) is 72.9 Å². The van der Waals surface area contributed by atoms with E-state index in [9.17, 15) is 0 Å². The zero-order chi connectivity index (χ0) is 18.3. The molecule has 0 fully saturated rings. The van der Waals surface area contributed by atoms with Crippen LogP contribution in [0.15, 0.2) is 78.9 Å². The van der Waals surface area contributed by atoms with E-state index < -0.39 is 0 Å². The van der Waals surface area contributed by atoms with E-state index in [4.69, 9.17) is 9.47 Å². The summed E-state index contributed by atoms with van der Waals surface area (Å²) in [6.45, 7) is 0.523. The first-order chi connectivity index (χ1) is 13.3. The van der Waals surface area contributed by atoms with Gasteiger partial charge in [-0.05, 0) is 35.4 Å². The van der Waals surface area contributed by atoms with Crippen molar-refractivity contribution in [3.05, 3.63) is 95.8 Å². The van der Waals surface area contributed by atoms with E-state index in [-0.39, 0.29) is 0 Å². The lowest BCUT2D eigenvalue weighted by atomic mass is 10.1. The second kappa shape index (κ2) is 8.14. The molecule has 0 aliphatic carbocycles. The number of tetrazole rings is 1. The molecule has 0 aliphatic rings. The van der Waals surface area contributed by atoms with Crippen molar-refractivity contribution in [2.75, 3.05) is 0 Å². The summed E-state index contributed by atoms with van der Waals surface area (Å²) in [6, 6.07) is 25.5.